The number of nitrogens with zero attached hydrogens (tertiary/aromatic N) is 1. The van der Waals surface area contributed by atoms with Crippen molar-refractivity contribution in [3.63, 3.8) is 0 Å². The minimum absolute atomic E-state index is 0.0610. The van der Waals surface area contributed by atoms with E-state index in [1.807, 2.05) is 0 Å². The maximum absolute atomic E-state index is 11.7. The second-order valence-electron chi connectivity index (χ2n) is 4.95. The summed E-state index contributed by atoms with van der Waals surface area (Å²) in [5, 5.41) is 8.63. The number of hydrogen-bond donors (Lipinski definition) is 3. The van der Waals surface area contributed by atoms with E-state index in [1.165, 1.54) is 44.9 Å². The number of carbonyl (C=O) groups excluding carboxylic acids is 1. The van der Waals surface area contributed by atoms with E-state index < -0.39 is 5.69 Å². The first-order chi connectivity index (χ1) is 8.75. The van der Waals surface area contributed by atoms with Crippen LogP contribution in [-0.2, 0) is 0 Å². The molecule has 0 atom stereocenters. The summed E-state index contributed by atoms with van der Waals surface area (Å²) in [6, 6.07) is 0. The zero-order valence-corrected chi connectivity index (χ0v) is 10.5. The van der Waals surface area contributed by atoms with Gasteiger partial charge < -0.3 is 5.32 Å². The van der Waals surface area contributed by atoms with Gasteiger partial charge in [0.15, 0.2) is 0 Å². The van der Waals surface area contributed by atoms with Gasteiger partial charge >= 0.3 is 5.69 Å². The Balaban J connectivity index is 1.79. The van der Waals surface area contributed by atoms with Crippen LogP contribution >= 0.6 is 0 Å². The molecule has 0 spiro atoms. The molecule has 0 aromatic carbocycles. The van der Waals surface area contributed by atoms with E-state index in [4.69, 9.17) is 0 Å². The number of hydrogen-bond acceptors (Lipinski definition) is 3. The van der Waals surface area contributed by atoms with Gasteiger partial charge in [-0.3, -0.25) is 9.78 Å². The first-order valence-corrected chi connectivity index (χ1v) is 6.68. The lowest BCUT2D eigenvalue weighted by molar-refractivity contribution is 0.0934. The molecular weight excluding hydrogens is 232 g/mol. The Morgan fingerprint density at radius 2 is 1.89 bits per heavy atom. The van der Waals surface area contributed by atoms with Crippen molar-refractivity contribution in [2.24, 2.45) is 5.92 Å². The Kier molecular flexibility index (Phi) is 4.55. The van der Waals surface area contributed by atoms with Crippen molar-refractivity contribution in [3.8, 4) is 0 Å². The highest BCUT2D eigenvalue weighted by Crippen LogP contribution is 2.21. The second-order valence-corrected chi connectivity index (χ2v) is 4.95. The predicted octanol–water partition coefficient (Wildman–Crippen LogP) is 1.19. The van der Waals surface area contributed by atoms with Crippen molar-refractivity contribution < 1.29 is 4.79 Å². The van der Waals surface area contributed by atoms with Gasteiger partial charge in [-0.15, -0.1) is 5.10 Å². The van der Waals surface area contributed by atoms with E-state index in [2.05, 4.69) is 20.5 Å². The van der Waals surface area contributed by atoms with E-state index >= 15 is 0 Å². The molecule has 1 saturated carbocycles. The van der Waals surface area contributed by atoms with Crippen molar-refractivity contribution in [1.82, 2.24) is 20.5 Å². The fourth-order valence-corrected chi connectivity index (χ4v) is 2.44. The largest absolute Gasteiger partial charge is 0.349 e. The van der Waals surface area contributed by atoms with Crippen molar-refractivity contribution in [2.45, 2.75) is 44.9 Å². The SMILES string of the molecule is O=C(NCC1CCCCCCC1)c1n[nH]c(=O)[nH]1. The van der Waals surface area contributed by atoms with E-state index in [9.17, 15) is 9.59 Å². The fourth-order valence-electron chi connectivity index (χ4n) is 2.44. The number of aromatic nitrogens is 3. The third kappa shape index (κ3) is 3.72. The Bertz CT molecular complexity index is 429. The number of amides is 1. The molecule has 0 unspecified atom stereocenters. The summed E-state index contributed by atoms with van der Waals surface area (Å²) in [4.78, 5) is 24.9. The first-order valence-electron chi connectivity index (χ1n) is 6.68. The van der Waals surface area contributed by atoms with Gasteiger partial charge in [0.1, 0.15) is 0 Å². The van der Waals surface area contributed by atoms with Crippen molar-refractivity contribution in [3.05, 3.63) is 16.3 Å². The van der Waals surface area contributed by atoms with E-state index in [0.717, 1.165) is 0 Å². The van der Waals surface area contributed by atoms with Gasteiger partial charge in [0.05, 0.1) is 0 Å². The molecule has 3 N–H and O–H groups in total. The summed E-state index contributed by atoms with van der Waals surface area (Å²) in [5.41, 5.74) is -0.453. The highest BCUT2D eigenvalue weighted by Gasteiger charge is 2.14. The first kappa shape index (κ1) is 12.9. The van der Waals surface area contributed by atoms with Gasteiger partial charge in [-0.2, -0.15) is 0 Å². The van der Waals surface area contributed by atoms with Gasteiger partial charge in [0, 0.05) is 6.54 Å². The predicted molar refractivity (Wildman–Crippen MR) is 67.4 cm³/mol. The van der Waals surface area contributed by atoms with Crippen LogP contribution in [0.1, 0.15) is 55.6 Å². The molecule has 0 saturated heterocycles. The van der Waals surface area contributed by atoms with Crippen LogP contribution in [0.25, 0.3) is 0 Å². The summed E-state index contributed by atoms with van der Waals surface area (Å²) >= 11 is 0. The van der Waals surface area contributed by atoms with E-state index in [1.54, 1.807) is 0 Å². The van der Waals surface area contributed by atoms with E-state index in [0.29, 0.717) is 12.5 Å². The molecule has 1 aromatic heterocycles. The molecule has 2 rings (SSSR count). The van der Waals surface area contributed by atoms with Gasteiger partial charge in [-0.05, 0) is 18.8 Å². The topological polar surface area (TPSA) is 90.6 Å². The van der Waals surface area contributed by atoms with Crippen LogP contribution in [0.4, 0.5) is 0 Å². The van der Waals surface area contributed by atoms with Crippen LogP contribution in [0.2, 0.25) is 0 Å². The monoisotopic (exact) mass is 252 g/mol. The third-order valence-corrected chi connectivity index (χ3v) is 3.49. The molecule has 0 aliphatic heterocycles. The molecule has 6 heteroatoms. The van der Waals surface area contributed by atoms with Gasteiger partial charge in [0.25, 0.3) is 5.91 Å². The number of aromatic amines is 2. The molecule has 100 valence electrons. The highest BCUT2D eigenvalue weighted by molar-refractivity contribution is 5.90. The summed E-state index contributed by atoms with van der Waals surface area (Å²) < 4.78 is 0. The van der Waals surface area contributed by atoms with Crippen LogP contribution in [0.15, 0.2) is 4.79 Å². The van der Waals surface area contributed by atoms with Gasteiger partial charge in [-0.1, -0.05) is 32.1 Å². The Labute approximate surface area is 106 Å². The number of H-pyrrole nitrogens is 2. The Hall–Kier alpha value is -1.59. The quantitative estimate of drug-likeness (QED) is 0.754. The average molecular weight is 252 g/mol. The molecule has 18 heavy (non-hydrogen) atoms. The molecule has 0 bridgehead atoms. The fraction of sp³-hybridized carbons (Fsp3) is 0.750. The van der Waals surface area contributed by atoms with Crippen LogP contribution in [0, 0.1) is 5.92 Å². The molecule has 1 aromatic rings. The average Bonchev–Trinajstić information content (AvgIpc) is 2.74. The molecule has 1 amide bonds. The molecule has 1 fully saturated rings. The lowest BCUT2D eigenvalue weighted by Crippen LogP contribution is -2.30. The minimum Gasteiger partial charge on any atom is -0.349 e. The summed E-state index contributed by atoms with van der Waals surface area (Å²) in [6.45, 7) is 0.674. The molecule has 6 nitrogen and oxygen atoms in total. The van der Waals surface area contributed by atoms with Crippen molar-refractivity contribution in [2.75, 3.05) is 6.54 Å². The summed E-state index contributed by atoms with van der Waals surface area (Å²) in [6.07, 6.45) is 8.80. The minimum atomic E-state index is -0.453. The standard InChI is InChI=1S/C12H20N4O2/c17-11(10-14-12(18)16-15-10)13-8-9-6-4-2-1-3-5-7-9/h9H,1-8H2,(H,13,17)(H2,14,15,16,18). The molecule has 1 aliphatic rings. The van der Waals surface area contributed by atoms with Crippen LogP contribution < -0.4 is 11.0 Å². The van der Waals surface area contributed by atoms with Crippen LogP contribution in [0.3, 0.4) is 0 Å². The zero-order chi connectivity index (χ0) is 12.8. The molecule has 1 heterocycles. The van der Waals surface area contributed by atoms with Gasteiger partial charge in [0.2, 0.25) is 5.82 Å². The highest BCUT2D eigenvalue weighted by atomic mass is 16.2. The summed E-state index contributed by atoms with van der Waals surface area (Å²) in [5.74, 6) is 0.307. The van der Waals surface area contributed by atoms with Crippen molar-refractivity contribution in [1.29, 1.82) is 0 Å². The second kappa shape index (κ2) is 6.37. The maximum atomic E-state index is 11.7. The zero-order valence-electron chi connectivity index (χ0n) is 10.5. The molecular formula is C12H20N4O2. The lowest BCUT2D eigenvalue weighted by Gasteiger charge is -2.19. The molecule has 0 radical (unpaired) electrons. The Morgan fingerprint density at radius 1 is 1.22 bits per heavy atom. The van der Waals surface area contributed by atoms with Crippen molar-refractivity contribution >= 4 is 5.91 Å². The number of carbonyl (C=O) groups is 1. The summed E-state index contributed by atoms with van der Waals surface area (Å²) in [7, 11) is 0. The normalized spacial score (nSPS) is 18.0. The smallest absolute Gasteiger partial charge is 0.341 e. The maximum Gasteiger partial charge on any atom is 0.341 e. The van der Waals surface area contributed by atoms with Crippen LogP contribution in [0.5, 0.6) is 0 Å². The number of rotatable bonds is 3. The lowest BCUT2D eigenvalue weighted by atomic mass is 9.91. The molecule has 1 aliphatic carbocycles. The van der Waals surface area contributed by atoms with E-state index in [-0.39, 0.29) is 11.7 Å². The Morgan fingerprint density at radius 3 is 2.50 bits per heavy atom. The number of nitrogens with one attached hydrogen (secondary N) is 3. The van der Waals surface area contributed by atoms with Crippen LogP contribution in [-0.4, -0.2) is 27.6 Å². The van der Waals surface area contributed by atoms with Gasteiger partial charge in [-0.25, -0.2) is 9.89 Å². The third-order valence-electron chi connectivity index (χ3n) is 3.49.